The van der Waals surface area contributed by atoms with Crippen LogP contribution in [0.25, 0.3) is 0 Å². The molecule has 0 aromatic carbocycles. The number of urea groups is 1. The van der Waals surface area contributed by atoms with Crippen LogP contribution in [0.2, 0.25) is 0 Å². The molecule has 0 unspecified atom stereocenters. The maximum Gasteiger partial charge on any atom is 0.325 e. The zero-order valence-electron chi connectivity index (χ0n) is 12.7. The van der Waals surface area contributed by atoms with Gasteiger partial charge in [0.05, 0.1) is 12.0 Å². The number of carbonyl (C=O) groups excluding carboxylic acids is 2. The van der Waals surface area contributed by atoms with Gasteiger partial charge in [0, 0.05) is 13.1 Å². The third-order valence-electron chi connectivity index (χ3n) is 3.75. The standard InChI is InChI=1S/C14H24N2O5/c1-3-8-16(9-11(17)21-4-2)13(20)15-10-14(12(18)19)6-5-7-14/h3-10H2,1-2H3,(H,15,20)(H,18,19). The van der Waals surface area contributed by atoms with Gasteiger partial charge in [-0.2, -0.15) is 0 Å². The van der Waals surface area contributed by atoms with Crippen LogP contribution in [0.1, 0.15) is 39.5 Å². The van der Waals surface area contributed by atoms with E-state index >= 15 is 0 Å². The fraction of sp³-hybridized carbons (Fsp3) is 0.786. The molecule has 21 heavy (non-hydrogen) atoms. The first-order valence-corrected chi connectivity index (χ1v) is 7.37. The maximum absolute atomic E-state index is 12.1. The van der Waals surface area contributed by atoms with Crippen LogP contribution in [0.5, 0.6) is 0 Å². The summed E-state index contributed by atoms with van der Waals surface area (Å²) in [6, 6.07) is -0.419. The topological polar surface area (TPSA) is 95.9 Å². The van der Waals surface area contributed by atoms with Gasteiger partial charge in [-0.05, 0) is 26.2 Å². The Kier molecular flexibility index (Phi) is 6.45. The van der Waals surface area contributed by atoms with E-state index < -0.39 is 23.4 Å². The van der Waals surface area contributed by atoms with Crippen LogP contribution in [0, 0.1) is 5.41 Å². The highest BCUT2D eigenvalue weighted by Crippen LogP contribution is 2.40. The average molecular weight is 300 g/mol. The van der Waals surface area contributed by atoms with E-state index in [-0.39, 0.29) is 19.7 Å². The number of carboxylic acids is 1. The molecule has 0 atom stereocenters. The molecule has 0 spiro atoms. The van der Waals surface area contributed by atoms with Crippen molar-refractivity contribution < 1.29 is 24.2 Å². The summed E-state index contributed by atoms with van der Waals surface area (Å²) < 4.78 is 4.83. The molecule has 0 radical (unpaired) electrons. The number of carbonyl (C=O) groups is 3. The molecule has 0 heterocycles. The van der Waals surface area contributed by atoms with Crippen LogP contribution in [0.4, 0.5) is 4.79 Å². The Balaban J connectivity index is 2.52. The summed E-state index contributed by atoms with van der Waals surface area (Å²) in [5, 5.41) is 11.9. The Hall–Kier alpha value is -1.79. The van der Waals surface area contributed by atoms with Gasteiger partial charge in [-0.3, -0.25) is 9.59 Å². The normalized spacial score (nSPS) is 15.7. The van der Waals surface area contributed by atoms with Gasteiger partial charge in [0.15, 0.2) is 0 Å². The molecule has 7 heteroatoms. The number of aliphatic carboxylic acids is 1. The van der Waals surface area contributed by atoms with E-state index in [2.05, 4.69) is 5.32 Å². The summed E-state index contributed by atoms with van der Waals surface area (Å²) in [7, 11) is 0. The lowest BCUT2D eigenvalue weighted by Gasteiger charge is -2.38. The summed E-state index contributed by atoms with van der Waals surface area (Å²) in [5.41, 5.74) is -0.836. The SMILES string of the molecule is CCCN(CC(=O)OCC)C(=O)NCC1(C(=O)O)CCC1. The first-order chi connectivity index (χ1) is 9.95. The van der Waals surface area contributed by atoms with Gasteiger partial charge < -0.3 is 20.1 Å². The van der Waals surface area contributed by atoms with Gasteiger partial charge in [0.25, 0.3) is 0 Å². The van der Waals surface area contributed by atoms with E-state index in [1.54, 1.807) is 6.92 Å². The van der Waals surface area contributed by atoms with E-state index in [1.807, 2.05) is 6.92 Å². The highest BCUT2D eigenvalue weighted by atomic mass is 16.5. The van der Waals surface area contributed by atoms with Crippen LogP contribution in [0.3, 0.4) is 0 Å². The molecule has 0 aromatic heterocycles. The van der Waals surface area contributed by atoms with Crippen molar-refractivity contribution in [2.45, 2.75) is 39.5 Å². The third-order valence-corrected chi connectivity index (χ3v) is 3.75. The minimum absolute atomic E-state index is 0.101. The Labute approximate surface area is 124 Å². The van der Waals surface area contributed by atoms with Gasteiger partial charge in [-0.15, -0.1) is 0 Å². The zero-order chi connectivity index (χ0) is 15.9. The number of hydrogen-bond acceptors (Lipinski definition) is 4. The highest BCUT2D eigenvalue weighted by Gasteiger charge is 2.44. The number of hydrogen-bond donors (Lipinski definition) is 2. The van der Waals surface area contributed by atoms with Crippen LogP contribution in [-0.2, 0) is 14.3 Å². The van der Waals surface area contributed by atoms with E-state index in [0.717, 1.165) is 6.42 Å². The molecule has 120 valence electrons. The Morgan fingerprint density at radius 2 is 1.95 bits per heavy atom. The molecule has 1 fully saturated rings. The van der Waals surface area contributed by atoms with E-state index in [0.29, 0.717) is 25.8 Å². The summed E-state index contributed by atoms with van der Waals surface area (Å²) in [4.78, 5) is 36.2. The third kappa shape index (κ3) is 4.61. The number of carboxylic acid groups (broad SMARTS) is 1. The number of nitrogens with zero attached hydrogens (tertiary/aromatic N) is 1. The zero-order valence-corrected chi connectivity index (χ0v) is 12.7. The summed E-state index contributed by atoms with van der Waals surface area (Å²) >= 11 is 0. The summed E-state index contributed by atoms with van der Waals surface area (Å²) in [6.07, 6.45) is 2.73. The van der Waals surface area contributed by atoms with Crippen molar-refractivity contribution in [3.63, 3.8) is 0 Å². The predicted molar refractivity (Wildman–Crippen MR) is 75.8 cm³/mol. The number of rotatable bonds is 8. The molecule has 1 aliphatic carbocycles. The first-order valence-electron chi connectivity index (χ1n) is 7.37. The summed E-state index contributed by atoms with van der Waals surface area (Å²) in [6.45, 7) is 4.27. The first kappa shape index (κ1) is 17.3. The Bertz CT molecular complexity index is 393. The van der Waals surface area contributed by atoms with Crippen LogP contribution < -0.4 is 5.32 Å². The second-order valence-electron chi connectivity index (χ2n) is 5.32. The fourth-order valence-corrected chi connectivity index (χ4v) is 2.31. The van der Waals surface area contributed by atoms with Gasteiger partial charge >= 0.3 is 18.0 Å². The molecule has 0 saturated heterocycles. The predicted octanol–water partition coefficient (Wildman–Crippen LogP) is 1.23. The molecule has 0 aliphatic heterocycles. The van der Waals surface area contributed by atoms with Crippen molar-refractivity contribution in [1.29, 1.82) is 0 Å². The molecular weight excluding hydrogens is 276 g/mol. The van der Waals surface area contributed by atoms with E-state index in [4.69, 9.17) is 4.74 Å². The van der Waals surface area contributed by atoms with Crippen molar-refractivity contribution in [3.8, 4) is 0 Å². The lowest BCUT2D eigenvalue weighted by Crippen LogP contribution is -2.51. The molecule has 7 nitrogen and oxygen atoms in total. The smallest absolute Gasteiger partial charge is 0.325 e. The molecule has 0 bridgehead atoms. The van der Waals surface area contributed by atoms with E-state index in [9.17, 15) is 19.5 Å². The quantitative estimate of drug-likeness (QED) is 0.657. The minimum atomic E-state index is -0.874. The fourth-order valence-electron chi connectivity index (χ4n) is 2.31. The number of nitrogens with one attached hydrogen (secondary N) is 1. The van der Waals surface area contributed by atoms with Crippen LogP contribution in [-0.4, -0.2) is 54.2 Å². The monoisotopic (exact) mass is 300 g/mol. The average Bonchev–Trinajstić information content (AvgIpc) is 2.36. The van der Waals surface area contributed by atoms with Crippen molar-refractivity contribution in [2.24, 2.45) is 5.41 Å². The molecule has 1 aliphatic rings. The van der Waals surface area contributed by atoms with Crippen LogP contribution >= 0.6 is 0 Å². The lowest BCUT2D eigenvalue weighted by atomic mass is 9.69. The Morgan fingerprint density at radius 3 is 2.38 bits per heavy atom. The van der Waals surface area contributed by atoms with Gasteiger partial charge in [0.2, 0.25) is 0 Å². The molecule has 1 saturated carbocycles. The van der Waals surface area contributed by atoms with Crippen molar-refractivity contribution in [2.75, 3.05) is 26.2 Å². The van der Waals surface area contributed by atoms with Gasteiger partial charge in [-0.25, -0.2) is 4.79 Å². The van der Waals surface area contributed by atoms with Crippen LogP contribution in [0.15, 0.2) is 0 Å². The van der Waals surface area contributed by atoms with Crippen molar-refractivity contribution in [3.05, 3.63) is 0 Å². The van der Waals surface area contributed by atoms with Crippen molar-refractivity contribution in [1.82, 2.24) is 10.2 Å². The van der Waals surface area contributed by atoms with E-state index in [1.165, 1.54) is 4.90 Å². The number of ether oxygens (including phenoxy) is 1. The molecule has 2 amide bonds. The van der Waals surface area contributed by atoms with Gasteiger partial charge in [0.1, 0.15) is 6.54 Å². The Morgan fingerprint density at radius 1 is 1.29 bits per heavy atom. The largest absolute Gasteiger partial charge is 0.481 e. The highest BCUT2D eigenvalue weighted by molar-refractivity contribution is 5.82. The van der Waals surface area contributed by atoms with Gasteiger partial charge in [-0.1, -0.05) is 13.3 Å². The lowest BCUT2D eigenvalue weighted by molar-refractivity contribution is -0.154. The number of amides is 2. The molecule has 2 N–H and O–H groups in total. The minimum Gasteiger partial charge on any atom is -0.481 e. The molecule has 1 rings (SSSR count). The second kappa shape index (κ2) is 7.85. The maximum atomic E-state index is 12.1. The summed E-state index contributed by atoms with van der Waals surface area (Å²) in [5.74, 6) is -1.33. The molecule has 0 aromatic rings. The second-order valence-corrected chi connectivity index (χ2v) is 5.32. The molecular formula is C14H24N2O5. The number of esters is 1. The van der Waals surface area contributed by atoms with Crippen molar-refractivity contribution >= 4 is 18.0 Å².